The van der Waals surface area contributed by atoms with E-state index in [-0.39, 0.29) is 11.8 Å². The Labute approximate surface area is 106 Å². The second-order valence-corrected chi connectivity index (χ2v) is 4.11. The molecule has 0 bridgehead atoms. The van der Waals surface area contributed by atoms with Gasteiger partial charge in [0.2, 0.25) is 5.91 Å². The number of carbonyl (C=O) groups excluding carboxylic acids is 1. The normalized spacial score (nSPS) is 11.8. The van der Waals surface area contributed by atoms with Crippen molar-refractivity contribution < 1.29 is 9.53 Å². The smallest absolute Gasteiger partial charge is 0.224 e. The van der Waals surface area contributed by atoms with Crippen LogP contribution in [0.4, 0.5) is 0 Å². The van der Waals surface area contributed by atoms with Crippen molar-refractivity contribution in [2.45, 2.75) is 12.8 Å². The van der Waals surface area contributed by atoms with E-state index in [9.17, 15) is 4.79 Å². The number of benzene rings is 2. The fourth-order valence-electron chi connectivity index (χ4n) is 1.64. The minimum atomic E-state index is -0.341. The molecule has 0 spiro atoms. The topological polar surface area (TPSA) is 52.3 Å². The SMILES string of the molecule is C[C@H](C(N)=O)c1cccc(Oc2ccccc2)c1. The van der Waals surface area contributed by atoms with E-state index in [0.717, 1.165) is 11.3 Å². The lowest BCUT2D eigenvalue weighted by Crippen LogP contribution is -2.18. The van der Waals surface area contributed by atoms with E-state index < -0.39 is 0 Å². The van der Waals surface area contributed by atoms with E-state index in [2.05, 4.69) is 0 Å². The molecule has 0 aliphatic heterocycles. The van der Waals surface area contributed by atoms with Crippen LogP contribution >= 0.6 is 0 Å². The third-order valence-corrected chi connectivity index (χ3v) is 2.76. The van der Waals surface area contributed by atoms with E-state index in [1.54, 1.807) is 6.92 Å². The number of rotatable bonds is 4. The fraction of sp³-hybridized carbons (Fsp3) is 0.133. The van der Waals surface area contributed by atoms with Gasteiger partial charge in [-0.15, -0.1) is 0 Å². The summed E-state index contributed by atoms with van der Waals surface area (Å²) < 4.78 is 5.70. The van der Waals surface area contributed by atoms with E-state index in [1.807, 2.05) is 54.6 Å². The third-order valence-electron chi connectivity index (χ3n) is 2.76. The Bertz CT molecular complexity index is 537. The molecule has 0 aliphatic rings. The first kappa shape index (κ1) is 12.2. The first-order valence-corrected chi connectivity index (χ1v) is 5.79. The van der Waals surface area contributed by atoms with Crippen LogP contribution in [0.25, 0.3) is 0 Å². The van der Waals surface area contributed by atoms with Gasteiger partial charge in [-0.2, -0.15) is 0 Å². The van der Waals surface area contributed by atoms with Crippen LogP contribution in [0.3, 0.4) is 0 Å². The van der Waals surface area contributed by atoms with Gasteiger partial charge in [-0.3, -0.25) is 4.79 Å². The van der Waals surface area contributed by atoms with Gasteiger partial charge < -0.3 is 10.5 Å². The predicted octanol–water partition coefficient (Wildman–Crippen LogP) is 3.07. The molecule has 0 fully saturated rings. The summed E-state index contributed by atoms with van der Waals surface area (Å²) in [5, 5.41) is 0. The molecule has 0 aromatic heterocycles. The molecule has 2 aromatic rings. The highest BCUT2D eigenvalue weighted by Crippen LogP contribution is 2.24. The molecule has 2 rings (SSSR count). The lowest BCUT2D eigenvalue weighted by Gasteiger charge is -2.10. The van der Waals surface area contributed by atoms with Crippen LogP contribution in [0.15, 0.2) is 54.6 Å². The summed E-state index contributed by atoms with van der Waals surface area (Å²) in [7, 11) is 0. The number of nitrogens with two attached hydrogens (primary N) is 1. The van der Waals surface area contributed by atoms with Crippen molar-refractivity contribution >= 4 is 5.91 Å². The van der Waals surface area contributed by atoms with E-state index >= 15 is 0 Å². The molecule has 2 N–H and O–H groups in total. The summed E-state index contributed by atoms with van der Waals surface area (Å²) in [4.78, 5) is 11.2. The molecular formula is C15H15NO2. The predicted molar refractivity (Wildman–Crippen MR) is 70.6 cm³/mol. The minimum Gasteiger partial charge on any atom is -0.457 e. The molecule has 3 nitrogen and oxygen atoms in total. The number of ether oxygens (including phenoxy) is 1. The average Bonchev–Trinajstić information content (AvgIpc) is 2.39. The maximum atomic E-state index is 11.2. The number of primary amides is 1. The largest absolute Gasteiger partial charge is 0.457 e. The van der Waals surface area contributed by atoms with Crippen molar-refractivity contribution in [3.05, 3.63) is 60.2 Å². The highest BCUT2D eigenvalue weighted by molar-refractivity contribution is 5.81. The first-order valence-electron chi connectivity index (χ1n) is 5.79. The van der Waals surface area contributed by atoms with Crippen molar-refractivity contribution in [3.8, 4) is 11.5 Å². The number of hydrogen-bond acceptors (Lipinski definition) is 2. The monoisotopic (exact) mass is 241 g/mol. The Hall–Kier alpha value is -2.29. The van der Waals surface area contributed by atoms with Gasteiger partial charge in [-0.1, -0.05) is 30.3 Å². The van der Waals surface area contributed by atoms with Crippen molar-refractivity contribution in [1.29, 1.82) is 0 Å². The Morgan fingerprint density at radius 3 is 2.39 bits per heavy atom. The molecule has 18 heavy (non-hydrogen) atoms. The van der Waals surface area contributed by atoms with Gasteiger partial charge in [0.05, 0.1) is 5.92 Å². The van der Waals surface area contributed by atoms with E-state index in [0.29, 0.717) is 5.75 Å². The van der Waals surface area contributed by atoms with Crippen LogP contribution < -0.4 is 10.5 Å². The molecule has 0 saturated carbocycles. The fourth-order valence-corrected chi connectivity index (χ4v) is 1.64. The highest BCUT2D eigenvalue weighted by atomic mass is 16.5. The Balaban J connectivity index is 2.20. The summed E-state index contributed by atoms with van der Waals surface area (Å²) in [5.74, 6) is 0.810. The van der Waals surface area contributed by atoms with Crippen LogP contribution in [0.1, 0.15) is 18.4 Å². The maximum absolute atomic E-state index is 11.2. The molecule has 1 atom stereocenters. The molecule has 1 amide bonds. The average molecular weight is 241 g/mol. The molecule has 0 heterocycles. The van der Waals surface area contributed by atoms with Gasteiger partial charge >= 0.3 is 0 Å². The number of hydrogen-bond donors (Lipinski definition) is 1. The zero-order chi connectivity index (χ0) is 13.0. The van der Waals surface area contributed by atoms with Gasteiger partial charge in [0.15, 0.2) is 0 Å². The second-order valence-electron chi connectivity index (χ2n) is 4.11. The maximum Gasteiger partial charge on any atom is 0.224 e. The quantitative estimate of drug-likeness (QED) is 0.894. The van der Waals surface area contributed by atoms with Crippen molar-refractivity contribution in [1.82, 2.24) is 0 Å². The molecule has 0 saturated heterocycles. The summed E-state index contributed by atoms with van der Waals surface area (Å²) >= 11 is 0. The molecule has 3 heteroatoms. The van der Waals surface area contributed by atoms with Crippen molar-refractivity contribution in [3.63, 3.8) is 0 Å². The summed E-state index contributed by atoms with van der Waals surface area (Å²) in [6, 6.07) is 16.9. The van der Waals surface area contributed by atoms with Gasteiger partial charge in [0, 0.05) is 0 Å². The minimum absolute atomic E-state index is 0.315. The Morgan fingerprint density at radius 2 is 1.72 bits per heavy atom. The summed E-state index contributed by atoms with van der Waals surface area (Å²) in [6.07, 6.45) is 0. The zero-order valence-corrected chi connectivity index (χ0v) is 10.2. The lowest BCUT2D eigenvalue weighted by molar-refractivity contribution is -0.119. The summed E-state index contributed by atoms with van der Waals surface area (Å²) in [6.45, 7) is 1.78. The number of amides is 1. The molecule has 2 aromatic carbocycles. The van der Waals surface area contributed by atoms with E-state index in [4.69, 9.17) is 10.5 Å². The highest BCUT2D eigenvalue weighted by Gasteiger charge is 2.12. The van der Waals surface area contributed by atoms with Gasteiger partial charge in [0.1, 0.15) is 11.5 Å². The van der Waals surface area contributed by atoms with Crippen LogP contribution in [0.5, 0.6) is 11.5 Å². The van der Waals surface area contributed by atoms with Gasteiger partial charge in [-0.05, 0) is 36.8 Å². The molecular weight excluding hydrogens is 226 g/mol. The second kappa shape index (κ2) is 5.36. The van der Waals surface area contributed by atoms with Gasteiger partial charge in [-0.25, -0.2) is 0 Å². The molecule has 0 unspecified atom stereocenters. The van der Waals surface area contributed by atoms with Gasteiger partial charge in [0.25, 0.3) is 0 Å². The first-order chi connectivity index (χ1) is 8.66. The Kier molecular flexibility index (Phi) is 3.63. The third kappa shape index (κ3) is 2.88. The summed E-state index contributed by atoms with van der Waals surface area (Å²) in [5.41, 5.74) is 6.15. The van der Waals surface area contributed by atoms with Crippen LogP contribution in [0.2, 0.25) is 0 Å². The zero-order valence-electron chi connectivity index (χ0n) is 10.2. The van der Waals surface area contributed by atoms with Crippen LogP contribution in [-0.4, -0.2) is 5.91 Å². The molecule has 0 radical (unpaired) electrons. The number of para-hydroxylation sites is 1. The standard InChI is InChI=1S/C15H15NO2/c1-11(15(16)17)12-6-5-9-14(10-12)18-13-7-3-2-4-8-13/h2-11H,1H3,(H2,16,17)/t11-/m0/s1. The van der Waals surface area contributed by atoms with Crippen molar-refractivity contribution in [2.75, 3.05) is 0 Å². The van der Waals surface area contributed by atoms with E-state index in [1.165, 1.54) is 0 Å². The number of carbonyl (C=O) groups is 1. The van der Waals surface area contributed by atoms with Crippen molar-refractivity contribution in [2.24, 2.45) is 5.73 Å². The lowest BCUT2D eigenvalue weighted by atomic mass is 10.0. The van der Waals surface area contributed by atoms with Crippen LogP contribution in [-0.2, 0) is 4.79 Å². The molecule has 92 valence electrons. The molecule has 0 aliphatic carbocycles. The van der Waals surface area contributed by atoms with Crippen LogP contribution in [0, 0.1) is 0 Å². The Morgan fingerprint density at radius 1 is 1.06 bits per heavy atom.